The van der Waals surface area contributed by atoms with Crippen LogP contribution in [0.3, 0.4) is 0 Å². The fourth-order valence-corrected chi connectivity index (χ4v) is 2.43. The van der Waals surface area contributed by atoms with Crippen LogP contribution in [0.15, 0.2) is 42.7 Å². The first-order valence-electron chi connectivity index (χ1n) is 6.28. The lowest BCUT2D eigenvalue weighted by molar-refractivity contribution is -0.117. The summed E-state index contributed by atoms with van der Waals surface area (Å²) in [5, 5.41) is 0. The predicted octanol–water partition coefficient (Wildman–Crippen LogP) is 2.17. The molecule has 1 aliphatic rings. The van der Waals surface area contributed by atoms with Crippen LogP contribution in [0.4, 0.5) is 0 Å². The zero-order valence-electron chi connectivity index (χ0n) is 10.4. The molecule has 0 bridgehead atoms. The van der Waals surface area contributed by atoms with Gasteiger partial charge >= 0.3 is 0 Å². The maximum atomic E-state index is 12.1. The molecule has 2 aromatic rings. The van der Waals surface area contributed by atoms with E-state index in [0.717, 1.165) is 16.7 Å². The number of carbonyl (C=O) groups is 2. The highest BCUT2D eigenvalue weighted by atomic mass is 16.1. The van der Waals surface area contributed by atoms with E-state index in [1.54, 1.807) is 24.5 Å². The average molecular weight is 251 g/mol. The summed E-state index contributed by atoms with van der Waals surface area (Å²) in [7, 11) is 0. The summed E-state index contributed by atoms with van der Waals surface area (Å²) in [5.41, 5.74) is 3.76. The van der Waals surface area contributed by atoms with Crippen LogP contribution in [0.2, 0.25) is 0 Å². The quantitative estimate of drug-likeness (QED) is 0.785. The van der Waals surface area contributed by atoms with Crippen LogP contribution in [-0.4, -0.2) is 16.6 Å². The van der Waals surface area contributed by atoms with Gasteiger partial charge in [0.15, 0.2) is 5.78 Å². The van der Waals surface area contributed by atoms with Crippen molar-refractivity contribution < 1.29 is 9.59 Å². The zero-order valence-corrected chi connectivity index (χ0v) is 10.4. The topological polar surface area (TPSA) is 47.0 Å². The van der Waals surface area contributed by atoms with Gasteiger partial charge in [0.2, 0.25) is 0 Å². The fraction of sp³-hybridized carbons (Fsp3) is 0.188. The van der Waals surface area contributed by atoms with Gasteiger partial charge in [0.25, 0.3) is 0 Å². The first kappa shape index (κ1) is 11.8. The number of pyridine rings is 1. The molecule has 0 N–H and O–H groups in total. The lowest BCUT2D eigenvalue weighted by Crippen LogP contribution is -2.04. The van der Waals surface area contributed by atoms with Gasteiger partial charge in [-0.2, -0.15) is 0 Å². The summed E-state index contributed by atoms with van der Waals surface area (Å²) in [6, 6.07) is 9.41. The molecule has 0 aliphatic heterocycles. The van der Waals surface area contributed by atoms with Gasteiger partial charge < -0.3 is 0 Å². The van der Waals surface area contributed by atoms with Crippen LogP contribution >= 0.6 is 0 Å². The van der Waals surface area contributed by atoms with Crippen LogP contribution in [0.1, 0.15) is 27.0 Å². The lowest BCUT2D eigenvalue weighted by Gasteiger charge is -2.04. The number of aromatic nitrogens is 1. The molecule has 3 rings (SSSR count). The number of benzene rings is 1. The Morgan fingerprint density at radius 3 is 2.79 bits per heavy atom. The molecule has 1 heterocycles. The number of hydrogen-bond donors (Lipinski definition) is 0. The minimum Gasteiger partial charge on any atom is -0.299 e. The first-order valence-corrected chi connectivity index (χ1v) is 6.28. The van der Waals surface area contributed by atoms with Crippen molar-refractivity contribution in [3.05, 3.63) is 65.0 Å². The molecule has 3 heteroatoms. The summed E-state index contributed by atoms with van der Waals surface area (Å²) in [4.78, 5) is 27.4. The standard InChI is InChI=1S/C16H13NO2/c18-15-8-12-4-3-11(6-14(12)9-15)7-16(19)13-2-1-5-17-10-13/h1-6,10H,7-9H2. The summed E-state index contributed by atoms with van der Waals surface area (Å²) in [6.07, 6.45) is 4.63. The molecular formula is C16H13NO2. The van der Waals surface area contributed by atoms with Crippen molar-refractivity contribution >= 4 is 11.6 Å². The fourth-order valence-electron chi connectivity index (χ4n) is 2.43. The summed E-state index contributed by atoms with van der Waals surface area (Å²) >= 11 is 0. The Hall–Kier alpha value is -2.29. The maximum absolute atomic E-state index is 12.1. The second-order valence-electron chi connectivity index (χ2n) is 4.84. The normalized spacial score (nSPS) is 13.4. The number of fused-ring (bicyclic) bond motifs is 1. The third-order valence-corrected chi connectivity index (χ3v) is 3.39. The van der Waals surface area contributed by atoms with Crippen molar-refractivity contribution in [1.82, 2.24) is 4.98 Å². The van der Waals surface area contributed by atoms with Gasteiger partial charge in [0, 0.05) is 37.2 Å². The summed E-state index contributed by atoms with van der Waals surface area (Å²) in [6.45, 7) is 0. The molecule has 0 radical (unpaired) electrons. The van der Waals surface area contributed by atoms with Gasteiger partial charge in [0.05, 0.1) is 0 Å². The van der Waals surface area contributed by atoms with Crippen LogP contribution in [-0.2, 0) is 24.1 Å². The van der Waals surface area contributed by atoms with Gasteiger partial charge in [-0.05, 0) is 28.8 Å². The number of rotatable bonds is 3. The van der Waals surface area contributed by atoms with Crippen molar-refractivity contribution in [3.8, 4) is 0 Å². The Balaban J connectivity index is 1.80. The van der Waals surface area contributed by atoms with Gasteiger partial charge in [0.1, 0.15) is 5.78 Å². The molecule has 0 amide bonds. The number of ketones is 2. The van der Waals surface area contributed by atoms with Crippen molar-refractivity contribution in [2.45, 2.75) is 19.3 Å². The van der Waals surface area contributed by atoms with Crippen LogP contribution in [0.25, 0.3) is 0 Å². The number of nitrogens with zero attached hydrogens (tertiary/aromatic N) is 1. The molecule has 1 aliphatic carbocycles. The molecule has 0 saturated heterocycles. The Bertz CT molecular complexity index is 647. The molecule has 94 valence electrons. The maximum Gasteiger partial charge on any atom is 0.168 e. The largest absolute Gasteiger partial charge is 0.299 e. The number of carbonyl (C=O) groups excluding carboxylic acids is 2. The third kappa shape index (κ3) is 2.45. The minimum absolute atomic E-state index is 0.0531. The highest BCUT2D eigenvalue weighted by Gasteiger charge is 2.18. The van der Waals surface area contributed by atoms with Crippen molar-refractivity contribution in [1.29, 1.82) is 0 Å². The minimum atomic E-state index is 0.0531. The van der Waals surface area contributed by atoms with E-state index in [0.29, 0.717) is 24.8 Å². The first-order chi connectivity index (χ1) is 9.22. The highest BCUT2D eigenvalue weighted by Crippen LogP contribution is 2.21. The lowest BCUT2D eigenvalue weighted by atomic mass is 10.0. The van der Waals surface area contributed by atoms with E-state index in [4.69, 9.17) is 0 Å². The molecule has 0 atom stereocenters. The van der Waals surface area contributed by atoms with E-state index < -0.39 is 0 Å². The predicted molar refractivity (Wildman–Crippen MR) is 71.1 cm³/mol. The van der Waals surface area contributed by atoms with Crippen molar-refractivity contribution in [2.75, 3.05) is 0 Å². The highest BCUT2D eigenvalue weighted by molar-refractivity contribution is 5.97. The van der Waals surface area contributed by atoms with Crippen LogP contribution in [0.5, 0.6) is 0 Å². The number of Topliss-reactive ketones (excluding diaryl/α,β-unsaturated/α-hetero) is 2. The van der Waals surface area contributed by atoms with Crippen LogP contribution in [0, 0.1) is 0 Å². The SMILES string of the molecule is O=C1Cc2ccc(CC(=O)c3cccnc3)cc2C1. The van der Waals surface area contributed by atoms with Crippen molar-refractivity contribution in [2.24, 2.45) is 0 Å². The summed E-state index contributed by atoms with van der Waals surface area (Å²) in [5.74, 6) is 0.308. The summed E-state index contributed by atoms with van der Waals surface area (Å²) < 4.78 is 0. The van der Waals surface area contributed by atoms with E-state index >= 15 is 0 Å². The molecule has 1 aromatic heterocycles. The van der Waals surface area contributed by atoms with E-state index in [1.165, 1.54) is 0 Å². The van der Waals surface area contributed by atoms with Gasteiger partial charge in [-0.1, -0.05) is 18.2 Å². The monoisotopic (exact) mass is 251 g/mol. The van der Waals surface area contributed by atoms with Gasteiger partial charge in [-0.15, -0.1) is 0 Å². The number of hydrogen-bond acceptors (Lipinski definition) is 3. The molecule has 0 saturated carbocycles. The second kappa shape index (κ2) is 4.76. The molecule has 3 nitrogen and oxygen atoms in total. The third-order valence-electron chi connectivity index (χ3n) is 3.39. The van der Waals surface area contributed by atoms with E-state index in [2.05, 4.69) is 4.98 Å². The molecule has 1 aromatic carbocycles. The Kier molecular flexibility index (Phi) is 2.95. The molecule has 0 fully saturated rings. The molecule has 0 unspecified atom stereocenters. The molecular weight excluding hydrogens is 238 g/mol. The van der Waals surface area contributed by atoms with Crippen molar-refractivity contribution in [3.63, 3.8) is 0 Å². The smallest absolute Gasteiger partial charge is 0.168 e. The second-order valence-corrected chi connectivity index (χ2v) is 4.84. The Morgan fingerprint density at radius 1 is 1.16 bits per heavy atom. The van der Waals surface area contributed by atoms with E-state index in [9.17, 15) is 9.59 Å². The van der Waals surface area contributed by atoms with Gasteiger partial charge in [-0.25, -0.2) is 0 Å². The molecule has 19 heavy (non-hydrogen) atoms. The Labute approximate surface area is 111 Å². The average Bonchev–Trinajstić information content (AvgIpc) is 2.79. The zero-order chi connectivity index (χ0) is 13.2. The van der Waals surface area contributed by atoms with Gasteiger partial charge in [-0.3, -0.25) is 14.6 Å². The van der Waals surface area contributed by atoms with E-state index in [1.807, 2.05) is 18.2 Å². The van der Waals surface area contributed by atoms with Crippen LogP contribution < -0.4 is 0 Å². The molecule has 0 spiro atoms. The Morgan fingerprint density at radius 2 is 2.00 bits per heavy atom. The van der Waals surface area contributed by atoms with E-state index in [-0.39, 0.29) is 11.6 Å².